The Morgan fingerprint density at radius 2 is 0.494 bits per heavy atom. The van der Waals surface area contributed by atoms with Crippen molar-refractivity contribution in [3.05, 3.63) is 0 Å². The molecule has 1 unspecified atom stereocenters. The molecule has 0 radical (unpaired) electrons. The van der Waals surface area contributed by atoms with E-state index in [0.29, 0.717) is 0 Å². The molecule has 0 fully saturated rings. The molecule has 0 aliphatic carbocycles. The Morgan fingerprint density at radius 3 is 0.659 bits per heavy atom. The number of carboxylic acid groups (broad SMARTS) is 1. The van der Waals surface area contributed by atoms with E-state index in [2.05, 4.69) is 58.6 Å². The van der Waals surface area contributed by atoms with Crippen molar-refractivity contribution in [2.75, 3.05) is 143 Å². The van der Waals surface area contributed by atoms with Crippen LogP contribution in [-0.4, -0.2) is 249 Å². The lowest BCUT2D eigenvalue weighted by Gasteiger charge is -2.38. The maximum absolute atomic E-state index is 15.2. The topological polar surface area (TPSA) is 454 Å². The van der Waals surface area contributed by atoms with Gasteiger partial charge in [-0.25, -0.2) is 4.79 Å². The highest BCUT2D eigenvalue weighted by Gasteiger charge is 2.59. The first kappa shape index (κ1) is 77.5. The fourth-order valence-electron chi connectivity index (χ4n) is 6.35. The molecule has 0 aromatic carbocycles. The molecular weight excluding hydrogens is 1160 g/mol. The van der Waals surface area contributed by atoms with Gasteiger partial charge in [0.05, 0.1) is 207 Å². The van der Waals surface area contributed by atoms with E-state index in [0.717, 1.165) is 70.9 Å². The molecule has 0 rings (SSSR count). The molecular formula is C49H77N3O33. The van der Waals surface area contributed by atoms with Gasteiger partial charge in [-0.05, 0) is 6.92 Å². The molecule has 1 atom stereocenters. The van der Waals surface area contributed by atoms with Crippen LogP contribution in [0.15, 0.2) is 0 Å². The van der Waals surface area contributed by atoms with Gasteiger partial charge >= 0.3 is 77.8 Å². The maximum Gasteiger partial charge on any atom is 0.507 e. The lowest BCUT2D eigenvalue weighted by atomic mass is 9.85. The fourth-order valence-corrected chi connectivity index (χ4v) is 6.35. The van der Waals surface area contributed by atoms with Gasteiger partial charge in [0.1, 0.15) is 0 Å². The SMILES string of the molecule is COC(=O)CCOC(CNC(=O)C(C)C(OC(=O)O)(C(=O)NCC(OCCC(=O)OC)(OCCC(=O)OC)OCCC(=O)OC)C(=O)NCC(OCCC(=O)OC)(OCCC(=O)OC)OCCC(=O)OC)(OCCC(=O)OC)OCCC(=O)OC. The van der Waals surface area contributed by atoms with Crippen LogP contribution in [0.3, 0.4) is 0 Å². The summed E-state index contributed by atoms with van der Waals surface area (Å²) in [7, 11) is 9.39. The van der Waals surface area contributed by atoms with E-state index in [1.807, 2.05) is 0 Å². The van der Waals surface area contributed by atoms with Crippen LogP contribution in [0.4, 0.5) is 4.79 Å². The van der Waals surface area contributed by atoms with Crippen molar-refractivity contribution in [2.45, 2.75) is 88.2 Å². The highest BCUT2D eigenvalue weighted by molar-refractivity contribution is 6.13. The number of ether oxygens (including phenoxy) is 19. The second-order valence-electron chi connectivity index (χ2n) is 16.5. The first-order valence-corrected chi connectivity index (χ1v) is 25.4. The molecule has 85 heavy (non-hydrogen) atoms. The summed E-state index contributed by atoms with van der Waals surface area (Å²) in [4.78, 5) is 168. The van der Waals surface area contributed by atoms with E-state index in [1.165, 1.54) is 0 Å². The lowest BCUT2D eigenvalue weighted by Crippen LogP contribution is -2.68. The Bertz CT molecular complexity index is 1920. The predicted molar refractivity (Wildman–Crippen MR) is 271 cm³/mol. The summed E-state index contributed by atoms with van der Waals surface area (Å²) in [5.41, 5.74) is -3.77. The average Bonchev–Trinajstić information content (AvgIpc) is 2.97. The lowest BCUT2D eigenvalue weighted by molar-refractivity contribution is -0.376. The van der Waals surface area contributed by atoms with E-state index >= 15 is 9.59 Å². The van der Waals surface area contributed by atoms with Crippen molar-refractivity contribution in [2.24, 2.45) is 5.92 Å². The van der Waals surface area contributed by atoms with Crippen LogP contribution >= 0.6 is 0 Å². The number of rotatable bonds is 47. The number of carbonyl (C=O) groups is 13. The fraction of sp³-hybridized carbons (Fsp3) is 0.735. The zero-order valence-corrected chi connectivity index (χ0v) is 48.9. The van der Waals surface area contributed by atoms with Gasteiger partial charge in [-0.3, -0.25) is 57.5 Å². The van der Waals surface area contributed by atoms with E-state index in [9.17, 15) is 57.8 Å². The summed E-state index contributed by atoms with van der Waals surface area (Å²) in [6, 6.07) is 0. The molecule has 0 saturated heterocycles. The zero-order valence-electron chi connectivity index (χ0n) is 48.9. The van der Waals surface area contributed by atoms with Crippen LogP contribution in [0, 0.1) is 5.92 Å². The average molecular weight is 1240 g/mol. The number of amides is 3. The van der Waals surface area contributed by atoms with Gasteiger partial charge in [0.25, 0.3) is 17.4 Å². The first-order valence-electron chi connectivity index (χ1n) is 25.4. The monoisotopic (exact) mass is 1240 g/mol. The molecule has 36 nitrogen and oxygen atoms in total. The molecule has 0 saturated carbocycles. The van der Waals surface area contributed by atoms with Crippen LogP contribution in [0.25, 0.3) is 0 Å². The summed E-state index contributed by atoms with van der Waals surface area (Å²) < 4.78 is 99.1. The van der Waals surface area contributed by atoms with Gasteiger partial charge in [-0.2, -0.15) is 0 Å². The van der Waals surface area contributed by atoms with Crippen molar-refractivity contribution in [3.63, 3.8) is 0 Å². The van der Waals surface area contributed by atoms with Gasteiger partial charge in [-0.1, -0.05) is 0 Å². The Balaban J connectivity index is 8.47. The minimum atomic E-state index is -3.77. The Morgan fingerprint density at radius 1 is 0.318 bits per heavy atom. The Labute approximate surface area is 487 Å². The normalized spacial score (nSPS) is 11.8. The van der Waals surface area contributed by atoms with E-state index in [-0.39, 0.29) is 0 Å². The van der Waals surface area contributed by atoms with Gasteiger partial charge in [0.2, 0.25) is 5.91 Å². The minimum absolute atomic E-state index is 0.501. The molecule has 0 heterocycles. The largest absolute Gasteiger partial charge is 0.507 e. The highest BCUT2D eigenvalue weighted by atomic mass is 16.9. The molecule has 0 aromatic rings. The Kier molecular flexibility index (Phi) is 38.7. The van der Waals surface area contributed by atoms with Crippen LogP contribution in [0.2, 0.25) is 0 Å². The van der Waals surface area contributed by atoms with Crippen molar-refractivity contribution in [1.82, 2.24) is 16.0 Å². The number of esters is 9. The molecule has 0 aliphatic heterocycles. The summed E-state index contributed by atoms with van der Waals surface area (Å²) in [6.07, 6.45) is -7.20. The number of nitrogens with one attached hydrogen (secondary N) is 3. The third kappa shape index (κ3) is 30.3. The molecule has 0 aromatic heterocycles. The van der Waals surface area contributed by atoms with Gasteiger partial charge in [0.15, 0.2) is 0 Å². The van der Waals surface area contributed by atoms with Gasteiger partial charge < -0.3 is 111 Å². The van der Waals surface area contributed by atoms with E-state index in [4.69, 9.17) is 47.4 Å². The van der Waals surface area contributed by atoms with Gasteiger partial charge in [-0.15, -0.1) is 0 Å². The highest BCUT2D eigenvalue weighted by Crippen LogP contribution is 2.28. The Hall–Kier alpha value is -7.45. The quantitative estimate of drug-likeness (QED) is 0.0213. The number of methoxy groups -OCH3 is 9. The number of carbonyl (C=O) groups excluding carboxylic acids is 12. The molecule has 486 valence electrons. The van der Waals surface area contributed by atoms with Crippen LogP contribution in [-0.2, 0) is 148 Å². The summed E-state index contributed by atoms with van der Waals surface area (Å²) in [6.45, 7) is -8.62. The zero-order chi connectivity index (χ0) is 64.5. The first-order chi connectivity index (χ1) is 40.3. The van der Waals surface area contributed by atoms with Crippen molar-refractivity contribution >= 4 is 77.6 Å². The van der Waals surface area contributed by atoms with Crippen LogP contribution < -0.4 is 16.0 Å². The molecule has 3 amide bonds. The third-order valence-corrected chi connectivity index (χ3v) is 11.0. The van der Waals surface area contributed by atoms with Crippen LogP contribution in [0.1, 0.15) is 64.7 Å². The van der Waals surface area contributed by atoms with E-state index in [1.54, 1.807) is 0 Å². The van der Waals surface area contributed by atoms with Crippen molar-refractivity contribution in [1.29, 1.82) is 0 Å². The smallest absolute Gasteiger partial charge is 0.469 e. The van der Waals surface area contributed by atoms with Gasteiger partial charge in [0, 0.05) is 0 Å². The molecule has 0 spiro atoms. The van der Waals surface area contributed by atoms with E-state index < -0.39 is 244 Å². The maximum atomic E-state index is 15.2. The predicted octanol–water partition coefficient (Wildman–Crippen LogP) is -2.42. The number of hydrogen-bond acceptors (Lipinski definition) is 32. The van der Waals surface area contributed by atoms with Crippen LogP contribution in [0.5, 0.6) is 0 Å². The standard InChI is InChI=1S/C49H77N3O33/c1-32(42(62)50-29-46(76-20-11-33(53)67-2,77-21-12-34(54)68-3)78-22-13-35(55)69-4)49(85-45(65)66,43(63)51-30-47(79-23-14-36(56)70-5,80-24-15-37(57)71-6)81-25-16-38(58)72-7)44(64)52-31-48(82-26-17-39(59)73-8,83-27-18-40(60)74-9)84-28-19-41(61)75-10/h32H,11-31H2,1-10H3,(H,50,62)(H,51,63)(H,52,64)(H,65,66). The summed E-state index contributed by atoms with van der Waals surface area (Å²) in [5, 5.41) is 17.0. The molecule has 0 aliphatic rings. The molecule has 36 heteroatoms. The summed E-state index contributed by atoms with van der Waals surface area (Å²) >= 11 is 0. The second-order valence-corrected chi connectivity index (χ2v) is 16.5. The van der Waals surface area contributed by atoms with Crippen molar-refractivity contribution in [3.8, 4) is 0 Å². The van der Waals surface area contributed by atoms with Crippen molar-refractivity contribution < 1.29 is 157 Å². The molecule has 4 N–H and O–H groups in total. The third-order valence-electron chi connectivity index (χ3n) is 11.0. The molecule has 0 bridgehead atoms. The number of hydrogen-bond donors (Lipinski definition) is 4. The second kappa shape index (κ2) is 42.4. The summed E-state index contributed by atoms with van der Waals surface area (Å²) in [5.74, 6) is -23.5. The minimum Gasteiger partial charge on any atom is -0.469 e.